The molecule has 0 atom stereocenters. The molecule has 0 bridgehead atoms. The fraction of sp³-hybridized carbons (Fsp3) is 0. The first kappa shape index (κ1) is 15.4. The molecule has 1 aliphatic heterocycles. The Kier molecular flexibility index (Phi) is 3.16. The van der Waals surface area contributed by atoms with Gasteiger partial charge in [-0.1, -0.05) is 54.5 Å². The van der Waals surface area contributed by atoms with Crippen molar-refractivity contribution in [2.75, 3.05) is 4.90 Å². The fourth-order valence-electron chi connectivity index (χ4n) is 3.38. The first-order chi connectivity index (χ1) is 13.2. The Morgan fingerprint density at radius 2 is 1.48 bits per heavy atom. The lowest BCUT2D eigenvalue weighted by molar-refractivity contribution is 0.0926. The first-order valence-corrected chi connectivity index (χ1v) is 8.58. The van der Waals surface area contributed by atoms with Crippen molar-refractivity contribution in [3.8, 4) is 23.5 Å². The molecule has 2 aromatic rings. The van der Waals surface area contributed by atoms with Crippen LogP contribution in [0.1, 0.15) is 37.4 Å². The maximum Gasteiger partial charge on any atom is 0.267 e. The van der Waals surface area contributed by atoms with Gasteiger partial charge in [0.25, 0.3) is 11.8 Å². The maximum absolute atomic E-state index is 12.6. The van der Waals surface area contributed by atoms with Gasteiger partial charge in [-0.15, -0.1) is 6.42 Å². The Morgan fingerprint density at radius 3 is 2.00 bits per heavy atom. The van der Waals surface area contributed by atoms with E-state index in [0.717, 1.165) is 11.1 Å². The van der Waals surface area contributed by atoms with Crippen LogP contribution < -0.4 is 4.90 Å². The van der Waals surface area contributed by atoms with Gasteiger partial charge in [0.15, 0.2) is 0 Å². The number of nitrogens with zero attached hydrogens (tertiary/aromatic N) is 1. The van der Waals surface area contributed by atoms with E-state index in [-0.39, 0.29) is 11.8 Å². The van der Waals surface area contributed by atoms with E-state index in [4.69, 9.17) is 6.42 Å². The van der Waals surface area contributed by atoms with Crippen LogP contribution in [0.4, 0.5) is 5.69 Å². The van der Waals surface area contributed by atoms with Crippen LogP contribution in [0.2, 0.25) is 0 Å². The second kappa shape index (κ2) is 5.55. The van der Waals surface area contributed by atoms with Crippen LogP contribution in [-0.2, 0) is 0 Å². The van der Waals surface area contributed by atoms with E-state index in [1.165, 1.54) is 16.0 Å². The lowest BCUT2D eigenvalue weighted by Gasteiger charge is -2.18. The van der Waals surface area contributed by atoms with Crippen molar-refractivity contribution in [1.82, 2.24) is 0 Å². The predicted octanol–water partition coefficient (Wildman–Crippen LogP) is 4.62. The number of anilines is 1. The van der Waals surface area contributed by atoms with Crippen LogP contribution >= 0.6 is 0 Å². The molecule has 3 heteroatoms. The molecule has 0 aromatic heterocycles. The summed E-state index contributed by atoms with van der Waals surface area (Å²) >= 11 is 0. The molecule has 4 aliphatic rings. The van der Waals surface area contributed by atoms with Gasteiger partial charge in [-0.2, -0.15) is 0 Å². The molecule has 1 heterocycles. The molecule has 0 saturated carbocycles. The highest BCUT2D eigenvalue weighted by Crippen LogP contribution is 2.34. The Hall–Kier alpha value is -3.90. The van der Waals surface area contributed by atoms with Gasteiger partial charge in [-0.25, -0.2) is 4.90 Å². The van der Waals surface area contributed by atoms with Crippen molar-refractivity contribution < 1.29 is 9.59 Å². The summed E-state index contributed by atoms with van der Waals surface area (Å²) in [5.41, 5.74) is 6.72. The Labute approximate surface area is 156 Å². The van der Waals surface area contributed by atoms with Gasteiger partial charge in [0.2, 0.25) is 0 Å². The zero-order chi connectivity index (χ0) is 18.5. The average molecular weight is 347 g/mol. The molecule has 3 nitrogen and oxygen atoms in total. The third-order valence-electron chi connectivity index (χ3n) is 5.06. The number of carbonyl (C=O) groups excluding carboxylic acids is 2. The zero-order valence-electron chi connectivity index (χ0n) is 14.3. The summed E-state index contributed by atoms with van der Waals surface area (Å²) < 4.78 is 0. The van der Waals surface area contributed by atoms with Crippen LogP contribution in [0.3, 0.4) is 0 Å². The number of imide groups is 1. The normalized spacial score (nSPS) is 13.8. The van der Waals surface area contributed by atoms with Gasteiger partial charge in [-0.3, -0.25) is 9.59 Å². The van der Waals surface area contributed by atoms with Crippen LogP contribution in [0.25, 0.3) is 23.3 Å². The molecule has 0 spiro atoms. The molecule has 0 fully saturated rings. The number of benzene rings is 3. The van der Waals surface area contributed by atoms with Crippen LogP contribution in [0.15, 0.2) is 60.7 Å². The second-order valence-corrected chi connectivity index (χ2v) is 6.54. The average Bonchev–Trinajstić information content (AvgIpc) is 2.91. The van der Waals surface area contributed by atoms with E-state index in [1.807, 2.05) is 24.3 Å². The highest BCUT2D eigenvalue weighted by atomic mass is 16.2. The number of terminal acetylenes is 1. The van der Waals surface area contributed by atoms with Gasteiger partial charge in [0.05, 0.1) is 16.8 Å². The molecule has 0 N–H and O–H groups in total. The maximum atomic E-state index is 12.6. The Bertz CT molecular complexity index is 1190. The Balaban J connectivity index is 0.000000224. The smallest absolute Gasteiger partial charge is 0.267 e. The number of rotatable bonds is 1. The molecular weight excluding hydrogens is 334 g/mol. The molecule has 0 radical (unpaired) electrons. The van der Waals surface area contributed by atoms with Crippen molar-refractivity contribution in [3.63, 3.8) is 0 Å². The number of hydrogen-bond acceptors (Lipinski definition) is 2. The van der Waals surface area contributed by atoms with Crippen molar-refractivity contribution in [2.45, 2.75) is 0 Å². The third kappa shape index (κ3) is 2.17. The SMILES string of the molecule is C#Cc1cccc2c1C(=O)N(c1ccc3c(c1)C=C3)C2=O.c1cc2ccc1-2. The highest BCUT2D eigenvalue weighted by Gasteiger charge is 2.38. The summed E-state index contributed by atoms with van der Waals surface area (Å²) in [7, 11) is 0. The lowest BCUT2D eigenvalue weighted by Crippen LogP contribution is -2.29. The van der Waals surface area contributed by atoms with E-state index in [2.05, 4.69) is 30.2 Å². The van der Waals surface area contributed by atoms with E-state index in [0.29, 0.717) is 22.4 Å². The van der Waals surface area contributed by atoms with Gasteiger partial charge in [0.1, 0.15) is 0 Å². The molecule has 2 amide bonds. The minimum absolute atomic E-state index is 0.322. The quantitative estimate of drug-likeness (QED) is 0.328. The number of fused-ring (bicyclic) bond motifs is 3. The molecule has 126 valence electrons. The standard InChI is InChI=1S/C18H9NO2.C6H4/c1-2-11-4-3-5-15-16(11)18(21)19(17(15)20)14-9-8-12-6-7-13(12)10-14;1-2-6-4-3-5(1)6/h1,3-10H;1-4H. The van der Waals surface area contributed by atoms with Crippen molar-refractivity contribution in [3.05, 3.63) is 88.5 Å². The summed E-state index contributed by atoms with van der Waals surface area (Å²) in [6.45, 7) is 0. The topological polar surface area (TPSA) is 37.4 Å². The fourth-order valence-corrected chi connectivity index (χ4v) is 3.38. The summed E-state index contributed by atoms with van der Waals surface area (Å²) in [4.78, 5) is 26.3. The molecule has 2 aromatic carbocycles. The second-order valence-electron chi connectivity index (χ2n) is 6.54. The molecule has 0 unspecified atom stereocenters. The van der Waals surface area contributed by atoms with Crippen molar-refractivity contribution in [1.29, 1.82) is 0 Å². The van der Waals surface area contributed by atoms with Gasteiger partial charge < -0.3 is 0 Å². The molecule has 0 saturated heterocycles. The number of amides is 2. The molecule has 3 aliphatic carbocycles. The van der Waals surface area contributed by atoms with Gasteiger partial charge in [-0.05, 0) is 46.5 Å². The molecule has 27 heavy (non-hydrogen) atoms. The predicted molar refractivity (Wildman–Crippen MR) is 106 cm³/mol. The first-order valence-electron chi connectivity index (χ1n) is 8.58. The summed E-state index contributed by atoms with van der Waals surface area (Å²) in [5.74, 6) is 1.79. The van der Waals surface area contributed by atoms with Crippen LogP contribution in [-0.4, -0.2) is 11.8 Å². The monoisotopic (exact) mass is 347 g/mol. The lowest BCUT2D eigenvalue weighted by atomic mass is 9.95. The summed E-state index contributed by atoms with van der Waals surface area (Å²) in [5, 5.41) is 0. The van der Waals surface area contributed by atoms with Gasteiger partial charge >= 0.3 is 0 Å². The largest absolute Gasteiger partial charge is 0.268 e. The highest BCUT2D eigenvalue weighted by molar-refractivity contribution is 6.35. The summed E-state index contributed by atoms with van der Waals surface area (Å²) in [6, 6.07) is 19.0. The van der Waals surface area contributed by atoms with E-state index < -0.39 is 0 Å². The van der Waals surface area contributed by atoms with E-state index in [1.54, 1.807) is 24.3 Å². The van der Waals surface area contributed by atoms with Crippen LogP contribution in [0, 0.1) is 12.3 Å². The van der Waals surface area contributed by atoms with E-state index in [9.17, 15) is 9.59 Å². The minimum atomic E-state index is -0.355. The summed E-state index contributed by atoms with van der Waals surface area (Å²) in [6.07, 6.45) is 9.36. The zero-order valence-corrected chi connectivity index (χ0v) is 14.3. The third-order valence-corrected chi connectivity index (χ3v) is 5.06. The van der Waals surface area contributed by atoms with Crippen molar-refractivity contribution >= 4 is 29.7 Å². The molecular formula is C24H13NO2. The number of carbonyl (C=O) groups is 2. The Morgan fingerprint density at radius 1 is 0.778 bits per heavy atom. The molecule has 6 rings (SSSR count). The minimum Gasteiger partial charge on any atom is -0.268 e. The van der Waals surface area contributed by atoms with Crippen LogP contribution in [0.5, 0.6) is 0 Å². The van der Waals surface area contributed by atoms with Gasteiger partial charge in [0, 0.05) is 5.56 Å². The van der Waals surface area contributed by atoms with Crippen molar-refractivity contribution in [2.24, 2.45) is 0 Å². The number of hydrogen-bond donors (Lipinski definition) is 0. The van der Waals surface area contributed by atoms with E-state index >= 15 is 0 Å².